The summed E-state index contributed by atoms with van der Waals surface area (Å²) in [5.41, 5.74) is 7.52. The minimum absolute atomic E-state index is 0.248. The number of hydrogen-bond donors (Lipinski definition) is 2. The summed E-state index contributed by atoms with van der Waals surface area (Å²) in [6, 6.07) is 11.4. The zero-order chi connectivity index (χ0) is 13.1. The van der Waals surface area contributed by atoms with Gasteiger partial charge >= 0.3 is 0 Å². The minimum atomic E-state index is -0.300. The molecule has 3 N–H and O–H groups in total. The molecule has 0 spiro atoms. The lowest BCUT2D eigenvalue weighted by atomic mass is 10.2. The largest absolute Gasteiger partial charge is 0.389 e. The minimum Gasteiger partial charge on any atom is -0.389 e. The van der Waals surface area contributed by atoms with Crippen molar-refractivity contribution in [2.45, 2.75) is 0 Å². The highest BCUT2D eigenvalue weighted by atomic mass is 35.5. The summed E-state index contributed by atoms with van der Waals surface area (Å²) in [7, 11) is 0. The number of nitrogens with two attached hydrogens (primary N) is 1. The third-order valence-corrected chi connectivity index (χ3v) is 2.88. The monoisotopic (exact) mass is 280 g/mol. The van der Waals surface area contributed by atoms with Gasteiger partial charge in [-0.15, -0.1) is 0 Å². The second-order valence-electron chi connectivity index (χ2n) is 3.69. The smallest absolute Gasteiger partial charge is 0.125 e. The molecule has 0 aliphatic heterocycles. The van der Waals surface area contributed by atoms with Crippen LogP contribution in [0.2, 0.25) is 5.02 Å². The van der Waals surface area contributed by atoms with Crippen molar-refractivity contribution >= 4 is 40.2 Å². The first kappa shape index (κ1) is 12.8. The average molecular weight is 281 g/mol. The summed E-state index contributed by atoms with van der Waals surface area (Å²) in [5, 5.41) is 3.51. The predicted octanol–water partition coefficient (Wildman–Crippen LogP) is 3.86. The lowest BCUT2D eigenvalue weighted by Crippen LogP contribution is -2.09. The summed E-state index contributed by atoms with van der Waals surface area (Å²) in [4.78, 5) is 0.248. The number of anilines is 2. The molecule has 2 aromatic carbocycles. The van der Waals surface area contributed by atoms with Gasteiger partial charge in [-0.05, 0) is 36.4 Å². The summed E-state index contributed by atoms with van der Waals surface area (Å²) < 4.78 is 13.0. The van der Waals surface area contributed by atoms with Gasteiger partial charge in [0.1, 0.15) is 10.8 Å². The van der Waals surface area contributed by atoms with Gasteiger partial charge in [0.15, 0.2) is 0 Å². The molecule has 0 saturated heterocycles. The van der Waals surface area contributed by atoms with Crippen molar-refractivity contribution in [2.24, 2.45) is 5.73 Å². The van der Waals surface area contributed by atoms with E-state index >= 15 is 0 Å². The van der Waals surface area contributed by atoms with Gasteiger partial charge in [0.25, 0.3) is 0 Å². The van der Waals surface area contributed by atoms with E-state index in [0.29, 0.717) is 16.3 Å². The fraction of sp³-hybridized carbons (Fsp3) is 0. The Bertz CT molecular complexity index is 601. The third-order valence-electron chi connectivity index (χ3n) is 2.35. The maximum absolute atomic E-state index is 13.0. The summed E-state index contributed by atoms with van der Waals surface area (Å²) >= 11 is 10.9. The van der Waals surface area contributed by atoms with Gasteiger partial charge in [-0.3, -0.25) is 0 Å². The standard InChI is InChI=1S/C13H10ClFN2S/c14-12-7-10(4-5-11(12)13(16)18)17-9-3-1-2-8(15)6-9/h1-7,17H,(H2,16,18). The Morgan fingerprint density at radius 3 is 2.50 bits per heavy atom. The first-order valence-electron chi connectivity index (χ1n) is 5.18. The molecular formula is C13H10ClFN2S. The molecule has 0 aromatic heterocycles. The molecule has 2 nitrogen and oxygen atoms in total. The fourth-order valence-electron chi connectivity index (χ4n) is 1.53. The first-order valence-corrected chi connectivity index (χ1v) is 5.97. The first-order chi connectivity index (χ1) is 8.56. The Morgan fingerprint density at radius 2 is 1.89 bits per heavy atom. The number of hydrogen-bond acceptors (Lipinski definition) is 2. The molecule has 0 radical (unpaired) electrons. The van der Waals surface area contributed by atoms with Crippen LogP contribution in [0.15, 0.2) is 42.5 Å². The van der Waals surface area contributed by atoms with Crippen LogP contribution in [0.5, 0.6) is 0 Å². The Morgan fingerprint density at radius 1 is 1.17 bits per heavy atom. The van der Waals surface area contributed by atoms with Crippen molar-refractivity contribution in [2.75, 3.05) is 5.32 Å². The van der Waals surface area contributed by atoms with E-state index in [1.54, 1.807) is 30.3 Å². The Hall–Kier alpha value is -1.65. The van der Waals surface area contributed by atoms with Crippen molar-refractivity contribution in [1.82, 2.24) is 0 Å². The molecule has 2 rings (SSSR count). The number of rotatable bonds is 3. The normalized spacial score (nSPS) is 10.1. The van der Waals surface area contributed by atoms with Crippen LogP contribution < -0.4 is 11.1 Å². The van der Waals surface area contributed by atoms with Crippen LogP contribution in [-0.2, 0) is 0 Å². The van der Waals surface area contributed by atoms with E-state index in [0.717, 1.165) is 5.69 Å². The number of halogens is 2. The van der Waals surface area contributed by atoms with E-state index in [2.05, 4.69) is 5.32 Å². The zero-order valence-corrected chi connectivity index (χ0v) is 10.9. The second-order valence-corrected chi connectivity index (χ2v) is 4.54. The number of thiocarbonyl (C=S) groups is 1. The van der Waals surface area contributed by atoms with Gasteiger partial charge < -0.3 is 11.1 Å². The molecule has 0 bridgehead atoms. The van der Waals surface area contributed by atoms with Gasteiger partial charge in [-0.2, -0.15) is 0 Å². The maximum atomic E-state index is 13.0. The average Bonchev–Trinajstić information content (AvgIpc) is 2.28. The molecule has 0 aliphatic carbocycles. The molecule has 18 heavy (non-hydrogen) atoms. The fourth-order valence-corrected chi connectivity index (χ4v) is 2.04. The van der Waals surface area contributed by atoms with Crippen LogP contribution in [0.3, 0.4) is 0 Å². The Labute approximate surface area is 115 Å². The number of nitrogens with one attached hydrogen (secondary N) is 1. The van der Waals surface area contributed by atoms with Crippen LogP contribution in [-0.4, -0.2) is 4.99 Å². The second kappa shape index (κ2) is 5.33. The van der Waals surface area contributed by atoms with Crippen LogP contribution in [0.1, 0.15) is 5.56 Å². The molecule has 92 valence electrons. The lowest BCUT2D eigenvalue weighted by molar-refractivity contribution is 0.628. The van der Waals surface area contributed by atoms with Crippen LogP contribution >= 0.6 is 23.8 Å². The molecule has 0 unspecified atom stereocenters. The van der Waals surface area contributed by atoms with Crippen molar-refractivity contribution in [3.8, 4) is 0 Å². The van der Waals surface area contributed by atoms with Gasteiger partial charge in [0.05, 0.1) is 5.02 Å². The molecule has 0 fully saturated rings. The van der Waals surface area contributed by atoms with Gasteiger partial charge in [0, 0.05) is 16.9 Å². The van der Waals surface area contributed by atoms with E-state index in [9.17, 15) is 4.39 Å². The Balaban J connectivity index is 2.25. The van der Waals surface area contributed by atoms with Crippen molar-refractivity contribution in [3.63, 3.8) is 0 Å². The highest BCUT2D eigenvalue weighted by Gasteiger charge is 2.04. The molecule has 0 heterocycles. The van der Waals surface area contributed by atoms with Crippen molar-refractivity contribution < 1.29 is 4.39 Å². The molecular weight excluding hydrogens is 271 g/mol. The summed E-state index contributed by atoms with van der Waals surface area (Å²) in [6.07, 6.45) is 0. The van der Waals surface area contributed by atoms with Gasteiger partial charge in [0.2, 0.25) is 0 Å². The topological polar surface area (TPSA) is 38.0 Å². The molecule has 5 heteroatoms. The third kappa shape index (κ3) is 2.97. The quantitative estimate of drug-likeness (QED) is 0.839. The molecule has 0 amide bonds. The van der Waals surface area contributed by atoms with E-state index in [1.807, 2.05) is 0 Å². The number of benzene rings is 2. The molecule has 0 atom stereocenters. The van der Waals surface area contributed by atoms with Gasteiger partial charge in [-0.1, -0.05) is 29.9 Å². The Kier molecular flexibility index (Phi) is 3.79. The maximum Gasteiger partial charge on any atom is 0.125 e. The van der Waals surface area contributed by atoms with E-state index in [4.69, 9.17) is 29.6 Å². The van der Waals surface area contributed by atoms with Crippen LogP contribution in [0.25, 0.3) is 0 Å². The molecule has 0 aliphatic rings. The zero-order valence-electron chi connectivity index (χ0n) is 9.28. The predicted molar refractivity (Wildman–Crippen MR) is 77.0 cm³/mol. The van der Waals surface area contributed by atoms with E-state index < -0.39 is 0 Å². The summed E-state index contributed by atoms with van der Waals surface area (Å²) in [6.45, 7) is 0. The van der Waals surface area contributed by atoms with E-state index in [1.165, 1.54) is 12.1 Å². The highest BCUT2D eigenvalue weighted by Crippen LogP contribution is 2.24. The molecule has 0 saturated carbocycles. The SMILES string of the molecule is NC(=S)c1ccc(Nc2cccc(F)c2)cc1Cl. The van der Waals surface area contributed by atoms with Crippen molar-refractivity contribution in [1.29, 1.82) is 0 Å². The van der Waals surface area contributed by atoms with Crippen molar-refractivity contribution in [3.05, 3.63) is 58.9 Å². The van der Waals surface area contributed by atoms with Gasteiger partial charge in [-0.25, -0.2) is 4.39 Å². The lowest BCUT2D eigenvalue weighted by Gasteiger charge is -2.09. The van der Waals surface area contributed by atoms with Crippen LogP contribution in [0, 0.1) is 5.82 Å². The van der Waals surface area contributed by atoms with E-state index in [-0.39, 0.29) is 10.8 Å². The molecule has 2 aromatic rings. The van der Waals surface area contributed by atoms with Crippen LogP contribution in [0.4, 0.5) is 15.8 Å². The highest BCUT2D eigenvalue weighted by molar-refractivity contribution is 7.80. The summed E-state index contributed by atoms with van der Waals surface area (Å²) in [5.74, 6) is -0.300.